The predicted octanol–water partition coefficient (Wildman–Crippen LogP) is 10.3. The van der Waals surface area contributed by atoms with E-state index in [1.165, 1.54) is 12.8 Å². The lowest BCUT2D eigenvalue weighted by molar-refractivity contribution is -0.275. The Kier molecular flexibility index (Phi) is 10.9. The van der Waals surface area contributed by atoms with Crippen molar-refractivity contribution in [2.24, 2.45) is 17.8 Å². The normalized spacial score (nSPS) is 28.1. The van der Waals surface area contributed by atoms with Crippen LogP contribution in [0.1, 0.15) is 101 Å². The highest BCUT2D eigenvalue weighted by Gasteiger charge is 2.45. The van der Waals surface area contributed by atoms with Gasteiger partial charge < -0.3 is 18.9 Å². The van der Waals surface area contributed by atoms with Crippen molar-refractivity contribution in [3.63, 3.8) is 0 Å². The average Bonchev–Trinajstić information content (AvgIpc) is 3.01. The van der Waals surface area contributed by atoms with Crippen LogP contribution in [0.5, 0.6) is 11.5 Å². The number of hydrogen-bond acceptors (Lipinski definition) is 4. The van der Waals surface area contributed by atoms with E-state index in [9.17, 15) is 26.3 Å². The molecule has 11 heteroatoms. The highest BCUT2D eigenvalue weighted by atomic mass is 19.4. The van der Waals surface area contributed by atoms with E-state index >= 15 is 4.39 Å². The van der Waals surface area contributed by atoms with Crippen molar-refractivity contribution >= 4 is 0 Å². The Morgan fingerprint density at radius 3 is 2.02 bits per heavy atom. The van der Waals surface area contributed by atoms with Crippen molar-refractivity contribution in [1.29, 1.82) is 0 Å². The molecular weight excluding hydrogens is 605 g/mol. The Morgan fingerprint density at radius 2 is 1.42 bits per heavy atom. The van der Waals surface area contributed by atoms with Gasteiger partial charge in [-0.1, -0.05) is 31.9 Å². The Hall–Kier alpha value is -2.53. The van der Waals surface area contributed by atoms with Crippen molar-refractivity contribution in [2.75, 3.05) is 13.2 Å². The molecule has 1 aliphatic heterocycles. The van der Waals surface area contributed by atoms with Crippen LogP contribution in [-0.2, 0) is 9.47 Å². The van der Waals surface area contributed by atoms with Gasteiger partial charge >= 0.3 is 12.5 Å². The standard InChI is InChI=1S/C34H41F7O4/c1-2-3-4-21-19-42-32(43-20-21)24-7-5-22(6-8-24)25-11-15-28(29(35)17-25)23-9-12-26(13-10-23)33(37,38)44-27-14-16-31(30(36)18-27)45-34(39,40)41/h11,14-18,21-24,26,32H,2-10,12-13,19-20H2,1H3. The molecule has 1 saturated heterocycles. The molecule has 2 saturated carbocycles. The molecule has 0 amide bonds. The van der Waals surface area contributed by atoms with E-state index in [1.807, 2.05) is 6.07 Å². The maximum Gasteiger partial charge on any atom is 0.573 e. The van der Waals surface area contributed by atoms with E-state index in [0.29, 0.717) is 42.4 Å². The summed E-state index contributed by atoms with van der Waals surface area (Å²) in [5.41, 5.74) is 1.46. The average molecular weight is 647 g/mol. The van der Waals surface area contributed by atoms with Gasteiger partial charge in [0.05, 0.1) is 19.1 Å². The van der Waals surface area contributed by atoms with Crippen molar-refractivity contribution in [3.05, 3.63) is 59.2 Å². The zero-order chi connectivity index (χ0) is 32.2. The summed E-state index contributed by atoms with van der Waals surface area (Å²) >= 11 is 0. The molecule has 1 heterocycles. The summed E-state index contributed by atoms with van der Waals surface area (Å²) in [6.45, 7) is 3.69. The second kappa shape index (κ2) is 14.5. The van der Waals surface area contributed by atoms with Crippen LogP contribution in [0.15, 0.2) is 36.4 Å². The van der Waals surface area contributed by atoms with Gasteiger partial charge in [-0.25, -0.2) is 8.78 Å². The van der Waals surface area contributed by atoms with Gasteiger partial charge in [0.2, 0.25) is 0 Å². The number of hydrogen-bond donors (Lipinski definition) is 0. The third kappa shape index (κ3) is 8.84. The highest BCUT2D eigenvalue weighted by molar-refractivity contribution is 5.34. The number of benzene rings is 2. The number of unbranched alkanes of at least 4 members (excludes halogenated alkanes) is 1. The molecule has 0 spiro atoms. The minimum absolute atomic E-state index is 0.0469. The molecule has 3 fully saturated rings. The van der Waals surface area contributed by atoms with Crippen LogP contribution in [0.4, 0.5) is 30.7 Å². The van der Waals surface area contributed by atoms with Gasteiger partial charge in [0.25, 0.3) is 0 Å². The van der Waals surface area contributed by atoms with E-state index in [2.05, 4.69) is 11.7 Å². The van der Waals surface area contributed by atoms with E-state index < -0.39 is 35.7 Å². The fourth-order valence-corrected chi connectivity index (χ4v) is 7.08. The van der Waals surface area contributed by atoms with Gasteiger partial charge in [0.15, 0.2) is 17.9 Å². The van der Waals surface area contributed by atoms with Crippen LogP contribution in [0.25, 0.3) is 0 Å². The molecule has 250 valence electrons. The van der Waals surface area contributed by atoms with Gasteiger partial charge in [0, 0.05) is 17.9 Å². The van der Waals surface area contributed by atoms with Crippen LogP contribution in [0, 0.1) is 29.4 Å². The molecule has 2 aromatic rings. The Morgan fingerprint density at radius 1 is 0.756 bits per heavy atom. The summed E-state index contributed by atoms with van der Waals surface area (Å²) in [7, 11) is 0. The lowest BCUT2D eigenvalue weighted by Gasteiger charge is -2.38. The maximum atomic E-state index is 15.3. The summed E-state index contributed by atoms with van der Waals surface area (Å²) in [4.78, 5) is 0. The molecule has 0 atom stereocenters. The first-order valence-corrected chi connectivity index (χ1v) is 16.1. The van der Waals surface area contributed by atoms with Crippen molar-refractivity contribution in [2.45, 2.75) is 108 Å². The lowest BCUT2D eigenvalue weighted by Crippen LogP contribution is -2.38. The van der Waals surface area contributed by atoms with Gasteiger partial charge in [0.1, 0.15) is 11.6 Å². The zero-order valence-electron chi connectivity index (χ0n) is 25.4. The Bertz CT molecular complexity index is 1250. The third-order valence-corrected chi connectivity index (χ3v) is 9.64. The van der Waals surface area contributed by atoms with Crippen LogP contribution >= 0.6 is 0 Å². The highest BCUT2D eigenvalue weighted by Crippen LogP contribution is 2.45. The van der Waals surface area contributed by atoms with Gasteiger partial charge in [-0.05, 0) is 98.9 Å². The van der Waals surface area contributed by atoms with E-state index in [-0.39, 0.29) is 36.8 Å². The summed E-state index contributed by atoms with van der Waals surface area (Å²) in [5.74, 6) is -3.92. The van der Waals surface area contributed by atoms with E-state index in [1.54, 1.807) is 12.1 Å². The molecule has 2 aromatic carbocycles. The molecule has 2 aliphatic carbocycles. The molecule has 0 unspecified atom stereocenters. The first kappa shape index (κ1) is 33.8. The first-order chi connectivity index (χ1) is 21.4. The van der Waals surface area contributed by atoms with E-state index in [0.717, 1.165) is 56.9 Å². The molecule has 3 aliphatic rings. The fourth-order valence-electron chi connectivity index (χ4n) is 7.08. The lowest BCUT2D eigenvalue weighted by atomic mass is 9.76. The molecule has 0 radical (unpaired) electrons. The number of alkyl halides is 5. The smallest absolute Gasteiger partial charge is 0.432 e. The molecule has 0 aromatic heterocycles. The molecule has 0 N–H and O–H groups in total. The van der Waals surface area contributed by atoms with Crippen LogP contribution < -0.4 is 9.47 Å². The SMILES string of the molecule is CCCCC1COC(C2CCC(c3ccc(C4CCC(C(F)(F)Oc5ccc(OC(F)(F)F)c(F)c5)CC4)c(F)c3)CC2)OC1. The molecular formula is C34H41F7O4. The summed E-state index contributed by atoms with van der Waals surface area (Å²) in [6.07, 6.45) is -0.989. The van der Waals surface area contributed by atoms with Gasteiger partial charge in [-0.15, -0.1) is 13.2 Å². The Balaban J connectivity index is 1.10. The number of halogens is 7. The summed E-state index contributed by atoms with van der Waals surface area (Å²) in [5, 5.41) is 0. The van der Waals surface area contributed by atoms with Crippen LogP contribution in [-0.4, -0.2) is 32.0 Å². The van der Waals surface area contributed by atoms with Crippen molar-refractivity contribution in [3.8, 4) is 11.5 Å². The van der Waals surface area contributed by atoms with Gasteiger partial charge in [-0.3, -0.25) is 0 Å². The van der Waals surface area contributed by atoms with Gasteiger partial charge in [-0.2, -0.15) is 8.78 Å². The maximum absolute atomic E-state index is 15.3. The van der Waals surface area contributed by atoms with Crippen LogP contribution in [0.2, 0.25) is 0 Å². The molecule has 4 nitrogen and oxygen atoms in total. The van der Waals surface area contributed by atoms with Crippen molar-refractivity contribution < 1.29 is 49.7 Å². The van der Waals surface area contributed by atoms with E-state index in [4.69, 9.17) is 14.2 Å². The molecule has 45 heavy (non-hydrogen) atoms. The minimum atomic E-state index is -5.12. The third-order valence-electron chi connectivity index (χ3n) is 9.64. The predicted molar refractivity (Wildman–Crippen MR) is 153 cm³/mol. The quantitative estimate of drug-likeness (QED) is 0.241. The number of ether oxygens (including phenoxy) is 4. The second-order valence-electron chi connectivity index (χ2n) is 12.8. The first-order valence-electron chi connectivity index (χ1n) is 16.1. The Labute approximate surface area is 259 Å². The molecule has 0 bridgehead atoms. The van der Waals surface area contributed by atoms with Crippen LogP contribution in [0.3, 0.4) is 0 Å². The zero-order valence-corrected chi connectivity index (χ0v) is 25.4. The number of rotatable bonds is 10. The second-order valence-corrected chi connectivity index (χ2v) is 12.8. The molecule has 5 rings (SSSR count). The fraction of sp³-hybridized carbons (Fsp3) is 0.647. The topological polar surface area (TPSA) is 36.9 Å². The monoisotopic (exact) mass is 646 g/mol. The van der Waals surface area contributed by atoms with Crippen molar-refractivity contribution in [1.82, 2.24) is 0 Å². The summed E-state index contributed by atoms with van der Waals surface area (Å²) < 4.78 is 117. The minimum Gasteiger partial charge on any atom is -0.432 e. The summed E-state index contributed by atoms with van der Waals surface area (Å²) in [6, 6.07) is 7.16. The largest absolute Gasteiger partial charge is 0.573 e.